The molecule has 1 aromatic carbocycles. The van der Waals surface area contributed by atoms with Gasteiger partial charge in [-0.15, -0.1) is 0 Å². The van der Waals surface area contributed by atoms with Crippen molar-refractivity contribution < 1.29 is 19.6 Å². The van der Waals surface area contributed by atoms with E-state index in [0.717, 1.165) is 0 Å². The summed E-state index contributed by atoms with van der Waals surface area (Å²) in [5.74, 6) is -1.54. The van der Waals surface area contributed by atoms with Crippen LogP contribution in [0.5, 0.6) is 0 Å². The molecule has 1 fully saturated rings. The Morgan fingerprint density at radius 1 is 1.39 bits per heavy atom. The summed E-state index contributed by atoms with van der Waals surface area (Å²) in [4.78, 5) is 36.4. The number of carbonyl (C=O) groups excluding carboxylic acids is 1. The molecule has 1 N–H and O–H groups in total. The van der Waals surface area contributed by atoms with Crippen molar-refractivity contribution in [2.45, 2.75) is 27.2 Å². The van der Waals surface area contributed by atoms with E-state index < -0.39 is 22.2 Å². The normalized spacial score (nSPS) is 20.8. The van der Waals surface area contributed by atoms with E-state index in [4.69, 9.17) is 0 Å². The van der Waals surface area contributed by atoms with Crippen molar-refractivity contribution in [3.8, 4) is 0 Å². The van der Waals surface area contributed by atoms with Crippen molar-refractivity contribution >= 4 is 17.6 Å². The Balaban J connectivity index is 2.37. The molecule has 1 heterocycles. The molecule has 1 aliphatic heterocycles. The Kier molecular flexibility index (Phi) is 4.40. The Hall–Kier alpha value is -2.44. The third-order valence-electron chi connectivity index (χ3n) is 4.78. The number of nitro benzene ring substituents is 1. The number of hydrogen-bond donors (Lipinski definition) is 1. The fourth-order valence-electron chi connectivity index (χ4n) is 3.14. The molecule has 1 aromatic rings. The van der Waals surface area contributed by atoms with Crippen molar-refractivity contribution in [3.05, 3.63) is 39.4 Å². The molecule has 2 rings (SSSR count). The number of aryl methyl sites for hydroxylation is 1. The number of nitrogens with zero attached hydrogens (tertiary/aromatic N) is 2. The van der Waals surface area contributed by atoms with Gasteiger partial charge in [0.15, 0.2) is 0 Å². The van der Waals surface area contributed by atoms with Crippen LogP contribution in [-0.2, 0) is 4.79 Å². The maximum Gasteiger partial charge on any atom is 0.311 e. The molecule has 1 unspecified atom stereocenters. The summed E-state index contributed by atoms with van der Waals surface area (Å²) >= 11 is 0. The molecule has 0 saturated carbocycles. The van der Waals surface area contributed by atoms with Gasteiger partial charge in [0, 0.05) is 19.2 Å². The quantitative estimate of drug-likeness (QED) is 0.678. The van der Waals surface area contributed by atoms with Crippen molar-refractivity contribution in [1.29, 1.82) is 0 Å². The molecule has 7 nitrogen and oxygen atoms in total. The number of carboxylic acid groups (broad SMARTS) is 1. The van der Waals surface area contributed by atoms with Gasteiger partial charge in [-0.1, -0.05) is 26.0 Å². The van der Waals surface area contributed by atoms with E-state index in [1.807, 2.05) is 13.8 Å². The minimum absolute atomic E-state index is 0.0439. The van der Waals surface area contributed by atoms with Gasteiger partial charge in [0.05, 0.1) is 10.3 Å². The van der Waals surface area contributed by atoms with E-state index in [2.05, 4.69) is 0 Å². The van der Waals surface area contributed by atoms with Crippen molar-refractivity contribution in [2.75, 3.05) is 13.1 Å². The average Bonchev–Trinajstić information content (AvgIpc) is 2.92. The van der Waals surface area contributed by atoms with Gasteiger partial charge in [0.2, 0.25) is 0 Å². The SMILES string of the molecule is Cc1cccc([N+](=O)[O-])c1C(=O)N1CCC(C(=O)O)(C(C)C)C1. The van der Waals surface area contributed by atoms with Gasteiger partial charge in [-0.25, -0.2) is 0 Å². The zero-order chi connectivity index (χ0) is 17.4. The lowest BCUT2D eigenvalue weighted by Crippen LogP contribution is -2.40. The van der Waals surface area contributed by atoms with Gasteiger partial charge in [-0.3, -0.25) is 19.7 Å². The first-order valence-electron chi connectivity index (χ1n) is 7.47. The maximum absolute atomic E-state index is 12.8. The lowest BCUT2D eigenvalue weighted by atomic mass is 9.76. The second-order valence-corrected chi connectivity index (χ2v) is 6.32. The minimum atomic E-state index is -0.993. The van der Waals surface area contributed by atoms with Gasteiger partial charge < -0.3 is 10.0 Å². The molecule has 23 heavy (non-hydrogen) atoms. The van der Waals surface area contributed by atoms with Crippen LogP contribution in [0.1, 0.15) is 36.2 Å². The molecule has 1 saturated heterocycles. The van der Waals surface area contributed by atoms with Crippen LogP contribution in [0.2, 0.25) is 0 Å². The third-order valence-corrected chi connectivity index (χ3v) is 4.78. The second kappa shape index (κ2) is 5.98. The number of amides is 1. The molecule has 0 aliphatic carbocycles. The van der Waals surface area contributed by atoms with Gasteiger partial charge in [0.1, 0.15) is 5.56 Å². The standard InChI is InChI=1S/C16H20N2O5/c1-10(2)16(15(20)21)7-8-17(9-16)14(19)13-11(3)5-4-6-12(13)18(22)23/h4-6,10H,7-9H2,1-3H3,(H,20,21). The summed E-state index contributed by atoms with van der Waals surface area (Å²) in [5, 5.41) is 20.7. The Morgan fingerprint density at radius 2 is 2.04 bits per heavy atom. The lowest BCUT2D eigenvalue weighted by Gasteiger charge is -2.28. The van der Waals surface area contributed by atoms with Crippen LogP contribution in [-0.4, -0.2) is 39.9 Å². The predicted octanol–water partition coefficient (Wildman–Crippen LogP) is 2.48. The highest BCUT2D eigenvalue weighted by Crippen LogP contribution is 2.39. The first-order valence-corrected chi connectivity index (χ1v) is 7.47. The zero-order valence-electron chi connectivity index (χ0n) is 13.4. The predicted molar refractivity (Wildman–Crippen MR) is 83.3 cm³/mol. The molecule has 1 atom stereocenters. The van der Waals surface area contributed by atoms with Gasteiger partial charge >= 0.3 is 5.97 Å². The van der Waals surface area contributed by atoms with E-state index in [1.165, 1.54) is 17.0 Å². The Labute approximate surface area is 134 Å². The van der Waals surface area contributed by atoms with E-state index in [-0.39, 0.29) is 30.3 Å². The number of carbonyl (C=O) groups is 2. The molecule has 1 amide bonds. The number of nitro groups is 1. The summed E-state index contributed by atoms with van der Waals surface area (Å²) < 4.78 is 0. The van der Waals surface area contributed by atoms with Gasteiger partial charge in [0.25, 0.3) is 11.6 Å². The summed E-state index contributed by atoms with van der Waals surface area (Å²) in [5.41, 5.74) is -0.677. The fraction of sp³-hybridized carbons (Fsp3) is 0.500. The van der Waals surface area contributed by atoms with Crippen LogP contribution in [0, 0.1) is 28.4 Å². The molecule has 0 bridgehead atoms. The van der Waals surface area contributed by atoms with E-state index >= 15 is 0 Å². The molecule has 124 valence electrons. The molecular weight excluding hydrogens is 300 g/mol. The number of likely N-dealkylation sites (tertiary alicyclic amines) is 1. The van der Waals surface area contributed by atoms with E-state index in [0.29, 0.717) is 12.0 Å². The molecule has 0 spiro atoms. The topological polar surface area (TPSA) is 101 Å². The average molecular weight is 320 g/mol. The lowest BCUT2D eigenvalue weighted by molar-refractivity contribution is -0.385. The number of benzene rings is 1. The highest BCUT2D eigenvalue weighted by Gasteiger charge is 2.49. The summed E-state index contributed by atoms with van der Waals surface area (Å²) in [6.45, 7) is 5.64. The molecule has 0 aromatic heterocycles. The highest BCUT2D eigenvalue weighted by atomic mass is 16.6. The third kappa shape index (κ3) is 2.78. The van der Waals surface area contributed by atoms with E-state index in [9.17, 15) is 24.8 Å². The summed E-state index contributed by atoms with van der Waals surface area (Å²) in [7, 11) is 0. The second-order valence-electron chi connectivity index (χ2n) is 6.32. The Bertz CT molecular complexity index is 670. The molecular formula is C16H20N2O5. The first kappa shape index (κ1) is 16.9. The highest BCUT2D eigenvalue weighted by molar-refractivity contribution is 6.00. The fourth-order valence-corrected chi connectivity index (χ4v) is 3.14. The number of hydrogen-bond acceptors (Lipinski definition) is 4. The summed E-state index contributed by atoms with van der Waals surface area (Å²) in [6, 6.07) is 4.47. The zero-order valence-corrected chi connectivity index (χ0v) is 13.4. The van der Waals surface area contributed by atoms with Crippen LogP contribution in [0.4, 0.5) is 5.69 Å². The number of carboxylic acids is 1. The Morgan fingerprint density at radius 3 is 2.52 bits per heavy atom. The van der Waals surface area contributed by atoms with Crippen molar-refractivity contribution in [1.82, 2.24) is 4.90 Å². The van der Waals surface area contributed by atoms with Crippen molar-refractivity contribution in [3.63, 3.8) is 0 Å². The van der Waals surface area contributed by atoms with Gasteiger partial charge in [-0.05, 0) is 24.8 Å². The molecule has 7 heteroatoms. The van der Waals surface area contributed by atoms with E-state index in [1.54, 1.807) is 13.0 Å². The number of rotatable bonds is 4. The van der Waals surface area contributed by atoms with Crippen LogP contribution >= 0.6 is 0 Å². The summed E-state index contributed by atoms with van der Waals surface area (Å²) in [6.07, 6.45) is 0.353. The minimum Gasteiger partial charge on any atom is -0.481 e. The molecule has 1 aliphatic rings. The van der Waals surface area contributed by atoms with Crippen LogP contribution in [0.15, 0.2) is 18.2 Å². The van der Waals surface area contributed by atoms with Crippen LogP contribution < -0.4 is 0 Å². The van der Waals surface area contributed by atoms with Crippen LogP contribution in [0.3, 0.4) is 0 Å². The smallest absolute Gasteiger partial charge is 0.311 e. The van der Waals surface area contributed by atoms with Gasteiger partial charge in [-0.2, -0.15) is 0 Å². The monoisotopic (exact) mass is 320 g/mol. The van der Waals surface area contributed by atoms with Crippen LogP contribution in [0.25, 0.3) is 0 Å². The largest absolute Gasteiger partial charge is 0.481 e. The number of aliphatic carboxylic acids is 1. The maximum atomic E-state index is 12.8. The van der Waals surface area contributed by atoms with Crippen molar-refractivity contribution in [2.24, 2.45) is 11.3 Å². The first-order chi connectivity index (χ1) is 10.7. The molecule has 0 radical (unpaired) electrons.